The van der Waals surface area contributed by atoms with Crippen molar-refractivity contribution in [2.45, 2.75) is 6.54 Å². The topological polar surface area (TPSA) is 67.7 Å². The van der Waals surface area contributed by atoms with Gasteiger partial charge in [-0.2, -0.15) is 0 Å². The van der Waals surface area contributed by atoms with E-state index in [9.17, 15) is 9.18 Å². The van der Waals surface area contributed by atoms with E-state index in [0.717, 1.165) is 16.5 Å². The molecule has 0 bridgehead atoms. The number of furan rings is 1. The van der Waals surface area contributed by atoms with Crippen LogP contribution in [-0.4, -0.2) is 21.9 Å². The van der Waals surface area contributed by atoms with Crippen molar-refractivity contribution in [3.63, 3.8) is 0 Å². The molecule has 6 heteroatoms. The minimum atomic E-state index is -1.10. The van der Waals surface area contributed by atoms with Gasteiger partial charge in [-0.25, -0.2) is 9.18 Å². The van der Waals surface area contributed by atoms with Crippen molar-refractivity contribution < 1.29 is 18.7 Å². The van der Waals surface area contributed by atoms with E-state index in [1.54, 1.807) is 24.4 Å². The minimum Gasteiger partial charge on any atom is -0.475 e. The summed E-state index contributed by atoms with van der Waals surface area (Å²) in [7, 11) is 0. The van der Waals surface area contributed by atoms with Crippen LogP contribution in [0, 0.1) is 5.82 Å². The van der Waals surface area contributed by atoms with E-state index in [1.165, 1.54) is 18.2 Å². The van der Waals surface area contributed by atoms with Crippen molar-refractivity contribution in [1.29, 1.82) is 0 Å². The molecule has 2 aromatic carbocycles. The highest BCUT2D eigenvalue weighted by molar-refractivity contribution is 6.00. The highest BCUT2D eigenvalue weighted by Gasteiger charge is 2.12. The molecule has 2 heterocycles. The van der Waals surface area contributed by atoms with E-state index >= 15 is 0 Å². The van der Waals surface area contributed by atoms with Crippen LogP contribution in [-0.2, 0) is 6.54 Å². The molecule has 4 rings (SSSR count). The van der Waals surface area contributed by atoms with Crippen LogP contribution in [0.15, 0.2) is 76.3 Å². The zero-order valence-electron chi connectivity index (χ0n) is 14.2. The lowest BCUT2D eigenvalue weighted by molar-refractivity contribution is 0.0660. The van der Waals surface area contributed by atoms with Gasteiger partial charge in [-0.15, -0.1) is 0 Å². The summed E-state index contributed by atoms with van der Waals surface area (Å²) in [5.41, 5.74) is 2.37. The predicted molar refractivity (Wildman–Crippen MR) is 100 cm³/mol. The first-order chi connectivity index (χ1) is 13.1. The van der Waals surface area contributed by atoms with Gasteiger partial charge in [0.2, 0.25) is 5.76 Å². The monoisotopic (exact) mass is 362 g/mol. The highest BCUT2D eigenvalue weighted by atomic mass is 19.1. The first kappa shape index (κ1) is 16.8. The molecule has 1 N–H and O–H groups in total. The number of carboxylic acid groups (broad SMARTS) is 1. The largest absolute Gasteiger partial charge is 0.475 e. The van der Waals surface area contributed by atoms with Crippen molar-refractivity contribution in [2.24, 2.45) is 4.99 Å². The van der Waals surface area contributed by atoms with Crippen LogP contribution in [0.25, 0.3) is 10.9 Å². The minimum absolute atomic E-state index is 0.0886. The van der Waals surface area contributed by atoms with Gasteiger partial charge in [-0.3, -0.25) is 4.99 Å². The second-order valence-electron chi connectivity index (χ2n) is 6.04. The van der Waals surface area contributed by atoms with Crippen LogP contribution in [0.2, 0.25) is 0 Å². The molecule has 0 aliphatic carbocycles. The molecule has 4 aromatic rings. The van der Waals surface area contributed by atoms with Crippen LogP contribution >= 0.6 is 0 Å². The summed E-state index contributed by atoms with van der Waals surface area (Å²) < 4.78 is 20.6. The van der Waals surface area contributed by atoms with Gasteiger partial charge in [-0.1, -0.05) is 24.3 Å². The summed E-state index contributed by atoms with van der Waals surface area (Å²) in [6, 6.07) is 17.0. The summed E-state index contributed by atoms with van der Waals surface area (Å²) in [4.78, 5) is 15.3. The molecule has 0 spiro atoms. The van der Waals surface area contributed by atoms with Gasteiger partial charge < -0.3 is 14.1 Å². The standard InChI is InChI=1S/C21H15FN2O3/c22-15-4-3-5-16(10-15)23-11-14-12-24(19-7-2-1-6-18(14)19)13-17-8-9-20(27-17)21(25)26/h1-12H,13H2,(H,25,26). The maximum atomic E-state index is 13.3. The van der Waals surface area contributed by atoms with Gasteiger partial charge >= 0.3 is 5.97 Å². The number of nitrogens with zero attached hydrogens (tertiary/aromatic N) is 2. The molecular formula is C21H15FN2O3. The van der Waals surface area contributed by atoms with Crippen molar-refractivity contribution in [3.05, 3.63) is 89.8 Å². The number of carboxylic acids is 1. The fraction of sp³-hybridized carbons (Fsp3) is 0.0476. The number of aromatic nitrogens is 1. The first-order valence-corrected chi connectivity index (χ1v) is 8.30. The van der Waals surface area contributed by atoms with E-state index < -0.39 is 5.97 Å². The number of hydrogen-bond acceptors (Lipinski definition) is 3. The van der Waals surface area contributed by atoms with E-state index in [1.807, 2.05) is 35.0 Å². The summed E-state index contributed by atoms with van der Waals surface area (Å²) in [5, 5.41) is 9.98. The lowest BCUT2D eigenvalue weighted by Gasteiger charge is -2.02. The van der Waals surface area contributed by atoms with Crippen LogP contribution < -0.4 is 0 Å². The SMILES string of the molecule is O=C(O)c1ccc(Cn2cc(C=Nc3cccc(F)c3)c3ccccc32)o1. The fourth-order valence-corrected chi connectivity index (χ4v) is 2.96. The van der Waals surface area contributed by atoms with Crippen LogP contribution in [0.3, 0.4) is 0 Å². The molecule has 0 saturated carbocycles. The molecule has 0 saturated heterocycles. The third kappa shape index (κ3) is 3.50. The van der Waals surface area contributed by atoms with E-state index in [2.05, 4.69) is 4.99 Å². The molecular weight excluding hydrogens is 347 g/mol. The molecule has 5 nitrogen and oxygen atoms in total. The van der Waals surface area contributed by atoms with E-state index in [0.29, 0.717) is 18.0 Å². The number of aliphatic imine (C=N–C) groups is 1. The Balaban J connectivity index is 1.69. The number of fused-ring (bicyclic) bond motifs is 1. The molecule has 0 fully saturated rings. The normalized spacial score (nSPS) is 11.4. The molecule has 2 aromatic heterocycles. The molecule has 27 heavy (non-hydrogen) atoms. The van der Waals surface area contributed by atoms with Gasteiger partial charge in [0, 0.05) is 28.9 Å². The number of halogens is 1. The van der Waals surface area contributed by atoms with Crippen LogP contribution in [0.5, 0.6) is 0 Å². The molecule has 0 unspecified atom stereocenters. The van der Waals surface area contributed by atoms with Crippen molar-refractivity contribution in [2.75, 3.05) is 0 Å². The molecule has 0 aliphatic heterocycles. The Morgan fingerprint density at radius 2 is 2.00 bits per heavy atom. The van der Waals surface area contributed by atoms with Crippen molar-refractivity contribution in [3.8, 4) is 0 Å². The van der Waals surface area contributed by atoms with E-state index in [4.69, 9.17) is 9.52 Å². The van der Waals surface area contributed by atoms with E-state index in [-0.39, 0.29) is 11.6 Å². The summed E-state index contributed by atoms with van der Waals surface area (Å²) in [6.45, 7) is 0.390. The number of aromatic carboxylic acids is 1. The Morgan fingerprint density at radius 1 is 1.15 bits per heavy atom. The number of para-hydroxylation sites is 1. The third-order valence-electron chi connectivity index (χ3n) is 4.18. The average Bonchev–Trinajstić information content (AvgIpc) is 3.26. The Labute approximate surface area is 154 Å². The second-order valence-corrected chi connectivity index (χ2v) is 6.04. The van der Waals surface area contributed by atoms with Gasteiger partial charge in [-0.05, 0) is 36.4 Å². The van der Waals surface area contributed by atoms with Gasteiger partial charge in [0.25, 0.3) is 0 Å². The van der Waals surface area contributed by atoms with Gasteiger partial charge in [0.15, 0.2) is 0 Å². The maximum Gasteiger partial charge on any atom is 0.371 e. The first-order valence-electron chi connectivity index (χ1n) is 8.30. The zero-order chi connectivity index (χ0) is 18.8. The smallest absolute Gasteiger partial charge is 0.371 e. The lowest BCUT2D eigenvalue weighted by atomic mass is 10.2. The molecule has 0 atom stereocenters. The number of hydrogen-bond donors (Lipinski definition) is 1. The Hall–Kier alpha value is -3.67. The quantitative estimate of drug-likeness (QED) is 0.515. The van der Waals surface area contributed by atoms with Gasteiger partial charge in [0.05, 0.1) is 12.2 Å². The van der Waals surface area contributed by atoms with Crippen LogP contribution in [0.4, 0.5) is 10.1 Å². The average molecular weight is 362 g/mol. The Morgan fingerprint density at radius 3 is 2.78 bits per heavy atom. The molecule has 0 radical (unpaired) electrons. The summed E-state index contributed by atoms with van der Waals surface area (Å²) in [6.07, 6.45) is 3.61. The van der Waals surface area contributed by atoms with Crippen molar-refractivity contribution in [1.82, 2.24) is 4.57 Å². The second kappa shape index (κ2) is 6.92. The van der Waals surface area contributed by atoms with Gasteiger partial charge in [0.1, 0.15) is 11.6 Å². The third-order valence-corrected chi connectivity index (χ3v) is 4.18. The fourth-order valence-electron chi connectivity index (χ4n) is 2.96. The van der Waals surface area contributed by atoms with Crippen LogP contribution in [0.1, 0.15) is 21.9 Å². The molecule has 0 aliphatic rings. The Bertz CT molecular complexity index is 1160. The zero-order valence-corrected chi connectivity index (χ0v) is 14.2. The highest BCUT2D eigenvalue weighted by Crippen LogP contribution is 2.23. The maximum absolute atomic E-state index is 13.3. The van der Waals surface area contributed by atoms with Crippen molar-refractivity contribution >= 4 is 28.8 Å². The summed E-state index contributed by atoms with van der Waals surface area (Å²) in [5.74, 6) is -0.975. The number of benzene rings is 2. The molecule has 134 valence electrons. The Kier molecular flexibility index (Phi) is 4.30. The lowest BCUT2D eigenvalue weighted by Crippen LogP contribution is -1.97. The predicted octanol–water partition coefficient (Wildman–Crippen LogP) is 4.87. The number of rotatable bonds is 5. The molecule has 0 amide bonds. The summed E-state index contributed by atoms with van der Waals surface area (Å²) >= 11 is 0. The number of carbonyl (C=O) groups is 1.